The van der Waals surface area contributed by atoms with Gasteiger partial charge in [0.2, 0.25) is 5.91 Å². The number of hydrogen-bond donors (Lipinski definition) is 2. The number of nitriles is 1. The summed E-state index contributed by atoms with van der Waals surface area (Å²) in [7, 11) is 0. The summed E-state index contributed by atoms with van der Waals surface area (Å²) >= 11 is 0.962. The number of alkyl halides is 3. The summed E-state index contributed by atoms with van der Waals surface area (Å²) in [4.78, 5) is 28.9. The fourth-order valence-electron chi connectivity index (χ4n) is 3.66. The molecule has 2 amide bonds. The Bertz CT molecular complexity index is 995. The fourth-order valence-corrected chi connectivity index (χ4v) is 4.96. The number of rotatable bonds is 10. The summed E-state index contributed by atoms with van der Waals surface area (Å²) in [5, 5.41) is 13.3. The van der Waals surface area contributed by atoms with Gasteiger partial charge in [-0.05, 0) is 19.1 Å². The molecule has 0 radical (unpaired) electrons. The number of nitrogens with zero attached hydrogens (tertiary/aromatic N) is 3. The van der Waals surface area contributed by atoms with Gasteiger partial charge >= 0.3 is 6.18 Å². The zero-order valence-electron chi connectivity index (χ0n) is 19.7. The van der Waals surface area contributed by atoms with Gasteiger partial charge < -0.3 is 25.0 Å². The van der Waals surface area contributed by atoms with E-state index < -0.39 is 35.8 Å². The summed E-state index contributed by atoms with van der Waals surface area (Å²) < 4.78 is 48.6. The predicted octanol–water partition coefficient (Wildman–Crippen LogP) is 2.39. The fraction of sp³-hybridized carbons (Fsp3) is 0.522. The summed E-state index contributed by atoms with van der Waals surface area (Å²) in [5.74, 6) is -2.30. The summed E-state index contributed by atoms with van der Waals surface area (Å²) in [5.41, 5.74) is 0.658. The molecule has 2 fully saturated rings. The lowest BCUT2D eigenvalue weighted by molar-refractivity contribution is -0.140. The Kier molecular flexibility index (Phi) is 9.86. The first kappa shape index (κ1) is 27.6. The Morgan fingerprint density at radius 2 is 2.14 bits per heavy atom. The molecule has 3 rings (SSSR count). The molecule has 2 unspecified atom stereocenters. The number of hydrogen-bond acceptors (Lipinski definition) is 8. The van der Waals surface area contributed by atoms with Gasteiger partial charge in [0.15, 0.2) is 5.92 Å². The molecule has 2 heterocycles. The second kappa shape index (κ2) is 12.8. The van der Waals surface area contributed by atoms with Gasteiger partial charge in [-0.3, -0.25) is 14.5 Å². The van der Waals surface area contributed by atoms with Crippen LogP contribution in [0.25, 0.3) is 0 Å². The molecule has 0 bridgehead atoms. The monoisotopic (exact) mass is 527 g/mol. The first-order valence-corrected chi connectivity index (χ1v) is 12.3. The van der Waals surface area contributed by atoms with E-state index in [2.05, 4.69) is 10.2 Å². The molecule has 2 N–H and O–H groups in total. The van der Waals surface area contributed by atoms with Crippen LogP contribution in [0.15, 0.2) is 35.4 Å². The van der Waals surface area contributed by atoms with Crippen LogP contribution in [0.2, 0.25) is 0 Å². The molecule has 0 spiro atoms. The van der Waals surface area contributed by atoms with Gasteiger partial charge in [-0.2, -0.15) is 18.4 Å². The van der Waals surface area contributed by atoms with E-state index in [4.69, 9.17) is 9.47 Å². The number of anilines is 1. The Balaban J connectivity index is 1.60. The molecule has 2 aliphatic rings. The molecule has 196 valence electrons. The topological polar surface area (TPSA) is 107 Å². The van der Waals surface area contributed by atoms with Crippen LogP contribution in [0.4, 0.5) is 18.9 Å². The van der Waals surface area contributed by atoms with Crippen molar-refractivity contribution in [3.8, 4) is 11.8 Å². The third kappa shape index (κ3) is 7.78. The SMILES string of the molecule is CCN1C(=O)/C(=C\Nc2cccc(OCCN3CCOCC3)c2)SC1C(C#N)C(=O)NCC(F)(F)F. The van der Waals surface area contributed by atoms with Crippen molar-refractivity contribution < 1.29 is 32.2 Å². The quantitative estimate of drug-likeness (QED) is 0.447. The van der Waals surface area contributed by atoms with E-state index in [1.165, 1.54) is 11.1 Å². The Labute approximate surface area is 211 Å². The molecule has 0 saturated carbocycles. The van der Waals surface area contributed by atoms with Crippen molar-refractivity contribution in [3.63, 3.8) is 0 Å². The lowest BCUT2D eigenvalue weighted by atomic mass is 10.1. The molecule has 2 saturated heterocycles. The van der Waals surface area contributed by atoms with Gasteiger partial charge in [0, 0.05) is 44.1 Å². The van der Waals surface area contributed by atoms with Crippen molar-refractivity contribution in [2.24, 2.45) is 5.92 Å². The minimum atomic E-state index is -4.60. The maximum atomic E-state index is 12.8. The van der Waals surface area contributed by atoms with Crippen LogP contribution < -0.4 is 15.4 Å². The third-order valence-corrected chi connectivity index (χ3v) is 6.84. The molecule has 0 aromatic heterocycles. The average molecular weight is 528 g/mol. The van der Waals surface area contributed by atoms with E-state index in [9.17, 15) is 28.0 Å². The molecular weight excluding hydrogens is 499 g/mol. The number of amides is 2. The predicted molar refractivity (Wildman–Crippen MR) is 128 cm³/mol. The van der Waals surface area contributed by atoms with E-state index in [1.54, 1.807) is 36.5 Å². The first-order chi connectivity index (χ1) is 17.2. The molecule has 2 aliphatic heterocycles. The number of halogens is 3. The van der Waals surface area contributed by atoms with Gasteiger partial charge in [0.1, 0.15) is 24.3 Å². The van der Waals surface area contributed by atoms with Crippen molar-refractivity contribution in [2.75, 3.05) is 57.9 Å². The van der Waals surface area contributed by atoms with Gasteiger partial charge in [-0.1, -0.05) is 17.8 Å². The number of nitrogens with one attached hydrogen (secondary N) is 2. The number of likely N-dealkylation sites (N-methyl/N-ethyl adjacent to an activating group) is 1. The van der Waals surface area contributed by atoms with Crippen LogP contribution in [-0.2, 0) is 14.3 Å². The number of benzene rings is 1. The van der Waals surface area contributed by atoms with E-state index in [-0.39, 0.29) is 11.4 Å². The van der Waals surface area contributed by atoms with Crippen LogP contribution in [-0.4, -0.2) is 85.7 Å². The zero-order chi connectivity index (χ0) is 26.1. The first-order valence-electron chi connectivity index (χ1n) is 11.4. The van der Waals surface area contributed by atoms with Crippen LogP contribution in [0.5, 0.6) is 5.75 Å². The van der Waals surface area contributed by atoms with Crippen LogP contribution in [0, 0.1) is 17.2 Å². The van der Waals surface area contributed by atoms with Crippen LogP contribution >= 0.6 is 11.8 Å². The van der Waals surface area contributed by atoms with Gasteiger partial charge in [0.05, 0.1) is 24.2 Å². The number of thioether (sulfide) groups is 1. The van der Waals surface area contributed by atoms with E-state index in [0.29, 0.717) is 31.3 Å². The molecule has 0 aliphatic carbocycles. The van der Waals surface area contributed by atoms with Crippen molar-refractivity contribution in [1.29, 1.82) is 5.26 Å². The maximum Gasteiger partial charge on any atom is 0.405 e. The number of carbonyl (C=O) groups is 2. The lowest BCUT2D eigenvalue weighted by Gasteiger charge is -2.26. The van der Waals surface area contributed by atoms with Crippen molar-refractivity contribution in [1.82, 2.24) is 15.1 Å². The van der Waals surface area contributed by atoms with Crippen LogP contribution in [0.1, 0.15) is 6.92 Å². The Hall–Kier alpha value is -2.95. The summed E-state index contributed by atoms with van der Waals surface area (Å²) in [6.45, 7) is 4.78. The minimum absolute atomic E-state index is 0.186. The highest BCUT2D eigenvalue weighted by molar-refractivity contribution is 8.05. The highest BCUT2D eigenvalue weighted by Crippen LogP contribution is 2.39. The highest BCUT2D eigenvalue weighted by Gasteiger charge is 2.43. The smallest absolute Gasteiger partial charge is 0.405 e. The zero-order valence-corrected chi connectivity index (χ0v) is 20.5. The second-order valence-electron chi connectivity index (χ2n) is 8.02. The molecule has 1 aromatic carbocycles. The van der Waals surface area contributed by atoms with E-state index in [1.807, 2.05) is 6.07 Å². The van der Waals surface area contributed by atoms with Crippen LogP contribution in [0.3, 0.4) is 0 Å². The van der Waals surface area contributed by atoms with Crippen molar-refractivity contribution in [2.45, 2.75) is 18.5 Å². The van der Waals surface area contributed by atoms with Crippen molar-refractivity contribution >= 4 is 29.3 Å². The highest BCUT2D eigenvalue weighted by atomic mass is 32.2. The molecule has 2 atom stereocenters. The van der Waals surface area contributed by atoms with Gasteiger partial charge in [0.25, 0.3) is 5.91 Å². The molecule has 13 heteroatoms. The van der Waals surface area contributed by atoms with E-state index >= 15 is 0 Å². The van der Waals surface area contributed by atoms with Crippen molar-refractivity contribution in [3.05, 3.63) is 35.4 Å². The average Bonchev–Trinajstić information content (AvgIpc) is 3.17. The number of ether oxygens (including phenoxy) is 2. The summed E-state index contributed by atoms with van der Waals surface area (Å²) in [6.07, 6.45) is -3.14. The Morgan fingerprint density at radius 3 is 2.81 bits per heavy atom. The third-order valence-electron chi connectivity index (χ3n) is 5.52. The number of morpholine rings is 1. The number of carbonyl (C=O) groups excluding carboxylic acids is 2. The van der Waals surface area contributed by atoms with Gasteiger partial charge in [-0.25, -0.2) is 0 Å². The molecular formula is C23H28F3N5O4S. The standard InChI is InChI=1S/C23H28F3N5O4S/c1-2-31-21(33)19(36-22(31)18(13-27)20(32)29-15-23(24,25)26)14-28-16-4-3-5-17(12-16)35-11-8-30-6-9-34-10-7-30/h3-5,12,14,18,22,28H,2,6-11,15H2,1H3,(H,29,32)/b19-14+. The molecule has 1 aromatic rings. The minimum Gasteiger partial charge on any atom is -0.492 e. The second-order valence-corrected chi connectivity index (χ2v) is 9.18. The summed E-state index contributed by atoms with van der Waals surface area (Å²) in [6, 6.07) is 8.92. The Morgan fingerprint density at radius 1 is 1.39 bits per heavy atom. The largest absolute Gasteiger partial charge is 0.492 e. The van der Waals surface area contributed by atoms with Gasteiger partial charge in [-0.15, -0.1) is 0 Å². The lowest BCUT2D eigenvalue weighted by Crippen LogP contribution is -2.45. The normalized spacial score (nSPS) is 20.8. The molecule has 36 heavy (non-hydrogen) atoms. The molecule has 9 nitrogen and oxygen atoms in total. The van der Waals surface area contributed by atoms with E-state index in [0.717, 1.165) is 31.4 Å². The maximum absolute atomic E-state index is 12.8.